The Kier molecular flexibility index (Phi) is 4.57. The van der Waals surface area contributed by atoms with Crippen LogP contribution in [0.4, 0.5) is 0 Å². The average Bonchev–Trinajstić information content (AvgIpc) is 3.23. The van der Waals surface area contributed by atoms with E-state index in [-0.39, 0.29) is 6.10 Å². The molecule has 124 valence electrons. The zero-order valence-electron chi connectivity index (χ0n) is 13.3. The van der Waals surface area contributed by atoms with E-state index >= 15 is 0 Å². The maximum atomic E-state index is 11.5. The highest BCUT2D eigenvalue weighted by Gasteiger charge is 2.18. The number of thiophene rings is 1. The number of nitrogens with zero attached hydrogens (tertiary/aromatic N) is 3. The molecule has 0 saturated carbocycles. The Bertz CT molecular complexity index is 856. The van der Waals surface area contributed by atoms with Crippen LogP contribution in [0.2, 0.25) is 0 Å². The van der Waals surface area contributed by atoms with Crippen molar-refractivity contribution in [2.75, 3.05) is 7.11 Å². The first kappa shape index (κ1) is 16.1. The number of carbonyl (C=O) groups excluding carboxylic acids is 1. The van der Waals surface area contributed by atoms with Crippen molar-refractivity contribution in [3.8, 4) is 28.0 Å². The minimum Gasteiger partial charge on any atom is -0.489 e. The smallest absolute Gasteiger partial charge is 0.338 e. The monoisotopic (exact) mass is 345 g/mol. The number of carbonyl (C=O) groups is 1. The molecular formula is C16H15N3O4S. The predicted octanol–water partition coefficient (Wildman–Crippen LogP) is 3.43. The zero-order chi connectivity index (χ0) is 17.1. The fourth-order valence-electron chi connectivity index (χ4n) is 2.00. The minimum atomic E-state index is -0.408. The largest absolute Gasteiger partial charge is 0.489 e. The van der Waals surface area contributed by atoms with Gasteiger partial charge in [-0.1, -0.05) is 5.16 Å². The molecule has 3 heterocycles. The van der Waals surface area contributed by atoms with Crippen LogP contribution in [0, 0.1) is 0 Å². The summed E-state index contributed by atoms with van der Waals surface area (Å²) in [6.07, 6.45) is 1.64. The molecule has 0 radical (unpaired) electrons. The lowest BCUT2D eigenvalue weighted by atomic mass is 10.3. The van der Waals surface area contributed by atoms with Crippen molar-refractivity contribution in [2.45, 2.75) is 20.0 Å². The molecule has 0 amide bonds. The lowest BCUT2D eigenvalue weighted by Gasteiger charge is -2.11. The quantitative estimate of drug-likeness (QED) is 0.655. The van der Waals surface area contributed by atoms with Crippen molar-refractivity contribution < 1.29 is 18.8 Å². The zero-order valence-corrected chi connectivity index (χ0v) is 14.2. The van der Waals surface area contributed by atoms with Gasteiger partial charge in [0.1, 0.15) is 5.75 Å². The van der Waals surface area contributed by atoms with Gasteiger partial charge < -0.3 is 14.0 Å². The Morgan fingerprint density at radius 2 is 2.21 bits per heavy atom. The van der Waals surface area contributed by atoms with Gasteiger partial charge in [-0.15, -0.1) is 11.3 Å². The van der Waals surface area contributed by atoms with Gasteiger partial charge in [-0.25, -0.2) is 9.78 Å². The molecule has 0 unspecified atom stereocenters. The molecule has 0 aromatic carbocycles. The Morgan fingerprint density at radius 3 is 2.96 bits per heavy atom. The van der Waals surface area contributed by atoms with Gasteiger partial charge in [-0.3, -0.25) is 0 Å². The number of pyridine rings is 1. The summed E-state index contributed by atoms with van der Waals surface area (Å²) in [7, 11) is 1.34. The van der Waals surface area contributed by atoms with Gasteiger partial charge >= 0.3 is 5.97 Å². The van der Waals surface area contributed by atoms with Crippen LogP contribution in [0.3, 0.4) is 0 Å². The Labute approximate surface area is 142 Å². The van der Waals surface area contributed by atoms with Crippen LogP contribution in [0.5, 0.6) is 5.75 Å². The SMILES string of the molecule is COC(=O)c1csc(-c2nc(-c3ncccc3OC(C)C)no2)c1. The molecule has 0 saturated heterocycles. The minimum absolute atomic E-state index is 0.000711. The number of esters is 1. The lowest BCUT2D eigenvalue weighted by molar-refractivity contribution is 0.0601. The van der Waals surface area contributed by atoms with Gasteiger partial charge in [0.25, 0.3) is 5.89 Å². The van der Waals surface area contributed by atoms with Crippen LogP contribution < -0.4 is 4.74 Å². The van der Waals surface area contributed by atoms with E-state index in [2.05, 4.69) is 19.9 Å². The molecule has 0 aliphatic rings. The number of rotatable bonds is 5. The van der Waals surface area contributed by atoms with Gasteiger partial charge in [0.05, 0.1) is 23.7 Å². The second-order valence-corrected chi connectivity index (χ2v) is 6.04. The Hall–Kier alpha value is -2.74. The maximum absolute atomic E-state index is 11.5. The van der Waals surface area contributed by atoms with E-state index in [1.165, 1.54) is 18.4 Å². The van der Waals surface area contributed by atoms with Crippen molar-refractivity contribution in [3.05, 3.63) is 35.3 Å². The van der Waals surface area contributed by atoms with Gasteiger partial charge in [0.15, 0.2) is 5.69 Å². The highest BCUT2D eigenvalue weighted by Crippen LogP contribution is 2.30. The first-order valence-corrected chi connectivity index (χ1v) is 8.09. The molecule has 0 bridgehead atoms. The first-order chi connectivity index (χ1) is 11.6. The van der Waals surface area contributed by atoms with Crippen LogP contribution in [0.1, 0.15) is 24.2 Å². The lowest BCUT2D eigenvalue weighted by Crippen LogP contribution is -2.07. The van der Waals surface area contributed by atoms with Gasteiger partial charge in [0, 0.05) is 11.6 Å². The highest BCUT2D eigenvalue weighted by molar-refractivity contribution is 7.13. The summed E-state index contributed by atoms with van der Waals surface area (Å²) in [5, 5.41) is 5.65. The topological polar surface area (TPSA) is 87.3 Å². The molecule has 0 aliphatic carbocycles. The molecule has 24 heavy (non-hydrogen) atoms. The maximum Gasteiger partial charge on any atom is 0.338 e. The average molecular weight is 345 g/mol. The van der Waals surface area contributed by atoms with E-state index in [0.717, 1.165) is 0 Å². The van der Waals surface area contributed by atoms with E-state index < -0.39 is 5.97 Å². The third-order valence-electron chi connectivity index (χ3n) is 3.00. The molecule has 0 fully saturated rings. The van der Waals surface area contributed by atoms with Crippen LogP contribution in [0.15, 0.2) is 34.3 Å². The van der Waals surface area contributed by atoms with E-state index in [9.17, 15) is 4.79 Å². The van der Waals surface area contributed by atoms with Gasteiger partial charge in [-0.2, -0.15) is 4.98 Å². The van der Waals surface area contributed by atoms with Crippen molar-refractivity contribution in [2.24, 2.45) is 0 Å². The van der Waals surface area contributed by atoms with Crippen LogP contribution in [-0.2, 0) is 4.74 Å². The summed E-state index contributed by atoms with van der Waals surface area (Å²) >= 11 is 1.32. The number of methoxy groups -OCH3 is 1. The molecule has 0 N–H and O–H groups in total. The second kappa shape index (κ2) is 6.79. The van der Waals surface area contributed by atoms with Gasteiger partial charge in [0.2, 0.25) is 5.82 Å². The van der Waals surface area contributed by atoms with Crippen LogP contribution in [-0.4, -0.2) is 34.3 Å². The van der Waals surface area contributed by atoms with E-state index in [1.807, 2.05) is 13.8 Å². The normalized spacial score (nSPS) is 10.8. The second-order valence-electron chi connectivity index (χ2n) is 5.13. The Balaban J connectivity index is 1.91. The summed E-state index contributed by atoms with van der Waals surface area (Å²) in [6.45, 7) is 3.86. The fourth-order valence-corrected chi connectivity index (χ4v) is 2.80. The van der Waals surface area contributed by atoms with E-state index in [1.54, 1.807) is 29.8 Å². The van der Waals surface area contributed by atoms with Crippen LogP contribution in [0.25, 0.3) is 22.3 Å². The van der Waals surface area contributed by atoms with Crippen molar-refractivity contribution in [3.63, 3.8) is 0 Å². The third kappa shape index (κ3) is 3.28. The molecule has 3 aromatic heterocycles. The summed E-state index contributed by atoms with van der Waals surface area (Å²) in [4.78, 5) is 20.8. The van der Waals surface area contributed by atoms with Crippen LogP contribution >= 0.6 is 11.3 Å². The Morgan fingerprint density at radius 1 is 1.38 bits per heavy atom. The van der Waals surface area contributed by atoms with E-state index in [4.69, 9.17) is 9.26 Å². The van der Waals surface area contributed by atoms with Crippen molar-refractivity contribution >= 4 is 17.3 Å². The molecular weight excluding hydrogens is 330 g/mol. The standard InChI is InChI=1S/C16H15N3O4S/c1-9(2)22-11-5-4-6-17-13(11)14-18-15(23-19-14)12-7-10(8-24-12)16(20)21-3/h4-9H,1-3H3. The summed E-state index contributed by atoms with van der Waals surface area (Å²) < 4.78 is 15.7. The summed E-state index contributed by atoms with van der Waals surface area (Å²) in [5.41, 5.74) is 0.949. The van der Waals surface area contributed by atoms with E-state index in [0.29, 0.717) is 33.6 Å². The molecule has 7 nitrogen and oxygen atoms in total. The molecule has 0 aliphatic heterocycles. The fraction of sp³-hybridized carbons (Fsp3) is 0.250. The van der Waals surface area contributed by atoms with Crippen molar-refractivity contribution in [1.29, 1.82) is 0 Å². The predicted molar refractivity (Wildman–Crippen MR) is 87.9 cm³/mol. The highest BCUT2D eigenvalue weighted by atomic mass is 32.1. The molecule has 8 heteroatoms. The molecule has 3 rings (SSSR count). The first-order valence-electron chi connectivity index (χ1n) is 7.21. The number of aromatic nitrogens is 3. The number of ether oxygens (including phenoxy) is 2. The number of hydrogen-bond acceptors (Lipinski definition) is 8. The molecule has 0 atom stereocenters. The van der Waals surface area contributed by atoms with Crippen molar-refractivity contribution in [1.82, 2.24) is 15.1 Å². The van der Waals surface area contributed by atoms with Gasteiger partial charge in [-0.05, 0) is 32.0 Å². The summed E-state index contributed by atoms with van der Waals surface area (Å²) in [5.74, 6) is 0.816. The number of hydrogen-bond donors (Lipinski definition) is 0. The molecule has 0 spiro atoms. The summed E-state index contributed by atoms with van der Waals surface area (Å²) in [6, 6.07) is 5.24. The molecule has 3 aromatic rings. The third-order valence-corrected chi connectivity index (χ3v) is 3.92.